The smallest absolute Gasteiger partial charge is 0.316 e. The van der Waals surface area contributed by atoms with Gasteiger partial charge in [-0.05, 0) is 48.8 Å². The van der Waals surface area contributed by atoms with Gasteiger partial charge in [0, 0.05) is 25.2 Å². The molecular formula is C32H46O9. The zero-order chi connectivity index (χ0) is 29.5. The molecule has 0 aromatic carbocycles. The third kappa shape index (κ3) is 5.75. The normalized spacial score (nSPS) is 48.7. The number of aliphatic hydroxyl groups is 4. The summed E-state index contributed by atoms with van der Waals surface area (Å²) in [5.41, 5.74) is -0.306. The number of aliphatic hydroxyl groups excluding tert-OH is 3. The Balaban J connectivity index is 1.54. The van der Waals surface area contributed by atoms with Gasteiger partial charge < -0.3 is 39.4 Å². The standard InChI is InChI=1S/C32H46O9/c1-5-26-18(2)11-12-31(41-26)15-24-14-23(40-31)10-9-21(16-33)27(34)19(3)7-6-8-22-17-38-29-28(35)20(4)13-25(30(36)39-24)32(22,29)37/h6-9,13,18-19,23-29,33-35,37H,5,10-12,14-17H2,1-4H3/b7-6+,21-9+,22-8+/t18-,19-,23+,24-,25-,26+,27+,28+,29-,31+,32+/m1/s1. The molecule has 0 aromatic heterocycles. The fourth-order valence-electron chi connectivity index (χ4n) is 7.22. The second-order valence-electron chi connectivity index (χ2n) is 12.7. The van der Waals surface area contributed by atoms with E-state index in [1.165, 1.54) is 0 Å². The molecule has 9 nitrogen and oxygen atoms in total. The Kier molecular flexibility index (Phi) is 8.98. The lowest BCUT2D eigenvalue weighted by Gasteiger charge is -2.50. The molecule has 0 radical (unpaired) electrons. The summed E-state index contributed by atoms with van der Waals surface area (Å²) in [5.74, 6) is -2.52. The SMILES string of the molecule is CC[C@@H]1O[C@@]2(CC[C@H]1C)C[C@H]1C[C@H](C/C=C(\CO)[C@@H](O)[C@H](C)/C=C/C=C3\CO[C@@H]4[C@@H](O)C(C)=C[C@H](C(=O)O1)[C@@]34O)O2. The minimum atomic E-state index is -1.79. The lowest BCUT2D eigenvalue weighted by molar-refractivity contribution is -0.335. The number of esters is 1. The largest absolute Gasteiger partial charge is 0.462 e. The molecule has 0 aromatic rings. The van der Waals surface area contributed by atoms with Crippen molar-refractivity contribution in [1.82, 2.24) is 0 Å². The number of fused-ring (bicyclic) bond motifs is 2. The first kappa shape index (κ1) is 30.6. The van der Waals surface area contributed by atoms with Crippen LogP contribution < -0.4 is 0 Å². The zero-order valence-corrected chi connectivity index (χ0v) is 24.6. The van der Waals surface area contributed by atoms with Gasteiger partial charge in [0.1, 0.15) is 29.8 Å². The Morgan fingerprint density at radius 1 is 1.12 bits per heavy atom. The van der Waals surface area contributed by atoms with Crippen LogP contribution in [0.1, 0.15) is 66.2 Å². The van der Waals surface area contributed by atoms with Crippen LogP contribution in [-0.4, -0.2) is 87.6 Å². The summed E-state index contributed by atoms with van der Waals surface area (Å²) in [6.07, 6.45) is 8.31. The van der Waals surface area contributed by atoms with E-state index in [-0.39, 0.29) is 31.3 Å². The van der Waals surface area contributed by atoms with Crippen LogP contribution in [0, 0.1) is 17.8 Å². The molecule has 4 heterocycles. The third-order valence-corrected chi connectivity index (χ3v) is 9.81. The van der Waals surface area contributed by atoms with Crippen LogP contribution in [0.25, 0.3) is 0 Å². The fourth-order valence-corrected chi connectivity index (χ4v) is 7.22. The van der Waals surface area contributed by atoms with Gasteiger partial charge in [0.2, 0.25) is 0 Å². The number of allylic oxidation sites excluding steroid dienone is 2. The summed E-state index contributed by atoms with van der Waals surface area (Å²) < 4.78 is 25.2. The van der Waals surface area contributed by atoms with E-state index in [4.69, 9.17) is 18.9 Å². The molecular weight excluding hydrogens is 528 g/mol. The maximum atomic E-state index is 13.9. The Labute approximate surface area is 242 Å². The highest BCUT2D eigenvalue weighted by Gasteiger charge is 2.60. The highest BCUT2D eigenvalue weighted by atomic mass is 16.7. The second-order valence-corrected chi connectivity index (χ2v) is 12.7. The zero-order valence-electron chi connectivity index (χ0n) is 24.6. The molecule has 4 N–H and O–H groups in total. The summed E-state index contributed by atoms with van der Waals surface area (Å²) in [4.78, 5) is 13.9. The van der Waals surface area contributed by atoms with Crippen molar-refractivity contribution >= 4 is 5.97 Å². The molecule has 41 heavy (non-hydrogen) atoms. The van der Waals surface area contributed by atoms with Gasteiger partial charge in [-0.2, -0.15) is 0 Å². The van der Waals surface area contributed by atoms with Crippen molar-refractivity contribution in [2.45, 2.75) is 114 Å². The van der Waals surface area contributed by atoms with Crippen LogP contribution in [0.2, 0.25) is 0 Å². The van der Waals surface area contributed by atoms with E-state index in [2.05, 4.69) is 13.8 Å². The quantitative estimate of drug-likeness (QED) is 0.290. The highest BCUT2D eigenvalue weighted by molar-refractivity contribution is 5.78. The monoisotopic (exact) mass is 574 g/mol. The van der Waals surface area contributed by atoms with Crippen molar-refractivity contribution < 1.29 is 44.2 Å². The van der Waals surface area contributed by atoms with E-state index in [9.17, 15) is 25.2 Å². The van der Waals surface area contributed by atoms with Gasteiger partial charge >= 0.3 is 5.97 Å². The van der Waals surface area contributed by atoms with Gasteiger partial charge in [-0.1, -0.05) is 51.2 Å². The summed E-state index contributed by atoms with van der Waals surface area (Å²) in [6, 6.07) is 0. The first-order valence-corrected chi connectivity index (χ1v) is 15.1. The predicted molar refractivity (Wildman–Crippen MR) is 150 cm³/mol. The molecule has 1 spiro atoms. The molecule has 11 atom stereocenters. The van der Waals surface area contributed by atoms with E-state index in [1.54, 1.807) is 31.2 Å². The summed E-state index contributed by atoms with van der Waals surface area (Å²) in [5, 5.41) is 44.0. The van der Waals surface area contributed by atoms with E-state index < -0.39 is 47.7 Å². The molecule has 5 rings (SSSR count). The molecule has 228 valence electrons. The van der Waals surface area contributed by atoms with E-state index >= 15 is 0 Å². The van der Waals surface area contributed by atoms with Crippen LogP contribution in [0.15, 0.2) is 47.1 Å². The van der Waals surface area contributed by atoms with Gasteiger partial charge in [0.25, 0.3) is 0 Å². The van der Waals surface area contributed by atoms with Gasteiger partial charge in [-0.3, -0.25) is 4.79 Å². The molecule has 3 saturated heterocycles. The van der Waals surface area contributed by atoms with Gasteiger partial charge in [0.15, 0.2) is 5.79 Å². The highest BCUT2D eigenvalue weighted by Crippen LogP contribution is 2.47. The molecule has 4 aliphatic heterocycles. The molecule has 0 saturated carbocycles. The predicted octanol–water partition coefficient (Wildman–Crippen LogP) is 2.87. The number of hydrogen-bond donors (Lipinski definition) is 4. The topological polar surface area (TPSA) is 135 Å². The van der Waals surface area contributed by atoms with Crippen LogP contribution in [-0.2, 0) is 23.7 Å². The Morgan fingerprint density at radius 3 is 2.63 bits per heavy atom. The maximum Gasteiger partial charge on any atom is 0.316 e. The second kappa shape index (κ2) is 12.0. The van der Waals surface area contributed by atoms with Crippen LogP contribution in [0.5, 0.6) is 0 Å². The third-order valence-electron chi connectivity index (χ3n) is 9.81. The van der Waals surface area contributed by atoms with Crippen molar-refractivity contribution in [3.63, 3.8) is 0 Å². The van der Waals surface area contributed by atoms with Gasteiger partial charge in [-0.25, -0.2) is 0 Å². The van der Waals surface area contributed by atoms with Crippen molar-refractivity contribution in [3.8, 4) is 0 Å². The van der Waals surface area contributed by atoms with Gasteiger partial charge in [0.05, 0.1) is 31.5 Å². The summed E-state index contributed by atoms with van der Waals surface area (Å²) in [6.45, 7) is 7.57. The average molecular weight is 575 g/mol. The van der Waals surface area contributed by atoms with E-state index in [0.717, 1.165) is 12.8 Å². The first-order chi connectivity index (χ1) is 19.5. The van der Waals surface area contributed by atoms with Crippen LogP contribution >= 0.6 is 0 Å². The number of ether oxygens (including phenoxy) is 4. The van der Waals surface area contributed by atoms with E-state index in [0.29, 0.717) is 48.3 Å². The lowest BCUT2D eigenvalue weighted by atomic mass is 9.71. The van der Waals surface area contributed by atoms with Crippen molar-refractivity contribution in [2.24, 2.45) is 17.8 Å². The minimum Gasteiger partial charge on any atom is -0.462 e. The Morgan fingerprint density at radius 2 is 1.90 bits per heavy atom. The van der Waals surface area contributed by atoms with Crippen molar-refractivity contribution in [3.05, 3.63) is 47.1 Å². The molecule has 9 heteroatoms. The minimum absolute atomic E-state index is 0.0185. The van der Waals surface area contributed by atoms with Crippen LogP contribution in [0.4, 0.5) is 0 Å². The summed E-state index contributed by atoms with van der Waals surface area (Å²) in [7, 11) is 0. The van der Waals surface area contributed by atoms with Gasteiger partial charge in [-0.15, -0.1) is 0 Å². The van der Waals surface area contributed by atoms with Crippen molar-refractivity contribution in [2.75, 3.05) is 13.2 Å². The number of carbonyl (C=O) groups excluding carboxylic acids is 1. The average Bonchev–Trinajstić information content (AvgIpc) is 3.28. The summed E-state index contributed by atoms with van der Waals surface area (Å²) >= 11 is 0. The molecule has 5 aliphatic rings. The molecule has 2 bridgehead atoms. The van der Waals surface area contributed by atoms with E-state index in [1.807, 2.05) is 13.0 Å². The number of carbonyl (C=O) groups is 1. The van der Waals surface area contributed by atoms with Crippen LogP contribution in [0.3, 0.4) is 0 Å². The van der Waals surface area contributed by atoms with Crippen molar-refractivity contribution in [1.29, 1.82) is 0 Å². The Bertz CT molecular complexity index is 1110. The maximum absolute atomic E-state index is 13.9. The molecule has 0 amide bonds. The molecule has 3 fully saturated rings. The molecule has 0 unspecified atom stereocenters. The molecule has 1 aliphatic carbocycles. The fraction of sp³-hybridized carbons (Fsp3) is 0.719. The number of hydrogen-bond acceptors (Lipinski definition) is 9. The number of rotatable bonds is 2. The Hall–Kier alpha value is -1.85. The first-order valence-electron chi connectivity index (χ1n) is 15.1. The lowest BCUT2D eigenvalue weighted by Crippen LogP contribution is -2.58.